The van der Waals surface area contributed by atoms with Crippen molar-refractivity contribution < 1.29 is 0 Å². The molecular formula is C15H26N4. The summed E-state index contributed by atoms with van der Waals surface area (Å²) in [6, 6.07) is 1.96. The molecule has 0 aromatic carbocycles. The Hall–Kier alpha value is -1.16. The molecule has 4 nitrogen and oxygen atoms in total. The van der Waals surface area contributed by atoms with Crippen LogP contribution in [0.25, 0.3) is 0 Å². The van der Waals surface area contributed by atoms with Gasteiger partial charge in [0.15, 0.2) is 0 Å². The minimum absolute atomic E-state index is 0.383. The summed E-state index contributed by atoms with van der Waals surface area (Å²) in [5.41, 5.74) is 0. The third-order valence-electron chi connectivity index (χ3n) is 3.67. The average molecular weight is 262 g/mol. The largest absolute Gasteiger partial charge is 0.370 e. The van der Waals surface area contributed by atoms with Crippen molar-refractivity contribution in [2.75, 3.05) is 31.5 Å². The van der Waals surface area contributed by atoms with Gasteiger partial charge in [-0.2, -0.15) is 0 Å². The summed E-state index contributed by atoms with van der Waals surface area (Å²) >= 11 is 0. The number of hydrogen-bond donors (Lipinski definition) is 1. The average Bonchev–Trinajstić information content (AvgIpc) is 2.85. The number of nitrogens with zero attached hydrogens (tertiary/aromatic N) is 3. The van der Waals surface area contributed by atoms with E-state index in [0.717, 1.165) is 24.1 Å². The van der Waals surface area contributed by atoms with Crippen LogP contribution in [0.2, 0.25) is 0 Å². The Morgan fingerprint density at radius 2 is 2.32 bits per heavy atom. The molecule has 2 heterocycles. The molecule has 1 aliphatic heterocycles. The molecule has 106 valence electrons. The van der Waals surface area contributed by atoms with E-state index in [4.69, 9.17) is 0 Å². The van der Waals surface area contributed by atoms with E-state index in [9.17, 15) is 0 Å². The first kappa shape index (κ1) is 14.3. The molecule has 1 unspecified atom stereocenters. The summed E-state index contributed by atoms with van der Waals surface area (Å²) < 4.78 is 0. The highest BCUT2D eigenvalue weighted by atomic mass is 15.1. The molecule has 1 aliphatic rings. The monoisotopic (exact) mass is 262 g/mol. The molecule has 1 fully saturated rings. The number of likely N-dealkylation sites (tertiary alicyclic amines) is 1. The molecule has 0 amide bonds. The Morgan fingerprint density at radius 1 is 1.47 bits per heavy atom. The molecule has 0 radical (unpaired) electrons. The summed E-state index contributed by atoms with van der Waals surface area (Å²) in [4.78, 5) is 11.4. The van der Waals surface area contributed by atoms with Gasteiger partial charge in [0.25, 0.3) is 0 Å². The van der Waals surface area contributed by atoms with Crippen molar-refractivity contribution in [2.45, 2.75) is 39.5 Å². The van der Waals surface area contributed by atoms with E-state index in [2.05, 4.69) is 41.0 Å². The highest BCUT2D eigenvalue weighted by Gasteiger charge is 2.21. The van der Waals surface area contributed by atoms with E-state index in [1.54, 1.807) is 0 Å². The van der Waals surface area contributed by atoms with Gasteiger partial charge >= 0.3 is 0 Å². The van der Waals surface area contributed by atoms with Gasteiger partial charge in [-0.05, 0) is 37.9 Å². The first-order valence-corrected chi connectivity index (χ1v) is 7.48. The fraction of sp³-hybridized carbons (Fsp3) is 0.733. The minimum atomic E-state index is 0.383. The normalized spacial score (nSPS) is 20.1. The fourth-order valence-electron chi connectivity index (χ4n) is 2.60. The molecule has 1 N–H and O–H groups in total. The predicted octanol–water partition coefficient (Wildman–Crippen LogP) is 2.74. The molecule has 4 heteroatoms. The molecule has 1 aromatic heterocycles. The smallest absolute Gasteiger partial charge is 0.133 e. The van der Waals surface area contributed by atoms with Crippen molar-refractivity contribution in [3.05, 3.63) is 18.1 Å². The van der Waals surface area contributed by atoms with Crippen LogP contribution in [0.3, 0.4) is 0 Å². The Balaban J connectivity index is 1.81. The second kappa shape index (κ2) is 6.85. The quantitative estimate of drug-likeness (QED) is 0.856. The van der Waals surface area contributed by atoms with Crippen molar-refractivity contribution >= 4 is 5.82 Å². The van der Waals surface area contributed by atoms with Crippen molar-refractivity contribution in [3.63, 3.8) is 0 Å². The Labute approximate surface area is 116 Å². The zero-order chi connectivity index (χ0) is 13.7. The lowest BCUT2D eigenvalue weighted by molar-refractivity contribution is 0.327. The van der Waals surface area contributed by atoms with Crippen molar-refractivity contribution in [2.24, 2.45) is 5.92 Å². The van der Waals surface area contributed by atoms with Crippen LogP contribution in [0.15, 0.2) is 12.3 Å². The fourth-order valence-corrected chi connectivity index (χ4v) is 2.60. The SMILES string of the molecule is CCCN1CCC(CNc2ccnc(C(C)C)n2)C1. The zero-order valence-electron chi connectivity index (χ0n) is 12.4. The maximum Gasteiger partial charge on any atom is 0.133 e. The van der Waals surface area contributed by atoms with Crippen LogP contribution >= 0.6 is 0 Å². The molecule has 0 bridgehead atoms. The highest BCUT2D eigenvalue weighted by molar-refractivity contribution is 5.33. The Kier molecular flexibility index (Phi) is 5.14. The van der Waals surface area contributed by atoms with E-state index in [1.165, 1.54) is 32.5 Å². The van der Waals surface area contributed by atoms with Crippen molar-refractivity contribution in [1.29, 1.82) is 0 Å². The van der Waals surface area contributed by atoms with Crippen molar-refractivity contribution in [1.82, 2.24) is 14.9 Å². The van der Waals surface area contributed by atoms with Gasteiger partial charge in [-0.1, -0.05) is 20.8 Å². The van der Waals surface area contributed by atoms with Gasteiger partial charge in [0, 0.05) is 25.2 Å². The third kappa shape index (κ3) is 4.16. The van der Waals surface area contributed by atoms with Crippen molar-refractivity contribution in [3.8, 4) is 0 Å². The maximum atomic E-state index is 4.55. The van der Waals surface area contributed by atoms with Crippen LogP contribution in [0.1, 0.15) is 45.4 Å². The first-order valence-electron chi connectivity index (χ1n) is 7.48. The second-order valence-corrected chi connectivity index (χ2v) is 5.79. The van der Waals surface area contributed by atoms with Gasteiger partial charge in [0.2, 0.25) is 0 Å². The molecule has 0 aliphatic carbocycles. The van der Waals surface area contributed by atoms with Crippen LogP contribution in [-0.2, 0) is 0 Å². The number of anilines is 1. The van der Waals surface area contributed by atoms with Gasteiger partial charge < -0.3 is 10.2 Å². The summed E-state index contributed by atoms with van der Waals surface area (Å²) in [6.07, 6.45) is 4.40. The van der Waals surface area contributed by atoms with Crippen LogP contribution in [0.4, 0.5) is 5.82 Å². The lowest BCUT2D eigenvalue weighted by atomic mass is 10.1. The lowest BCUT2D eigenvalue weighted by Crippen LogP contribution is -2.23. The first-order chi connectivity index (χ1) is 9.19. The van der Waals surface area contributed by atoms with Crippen LogP contribution in [0.5, 0.6) is 0 Å². The minimum Gasteiger partial charge on any atom is -0.370 e. The third-order valence-corrected chi connectivity index (χ3v) is 3.67. The molecule has 0 spiro atoms. The van der Waals surface area contributed by atoms with Crippen LogP contribution < -0.4 is 5.32 Å². The summed E-state index contributed by atoms with van der Waals surface area (Å²) in [5, 5.41) is 3.47. The Bertz CT molecular complexity index is 391. The number of rotatable bonds is 6. The Morgan fingerprint density at radius 3 is 3.05 bits per heavy atom. The molecule has 1 atom stereocenters. The number of aromatic nitrogens is 2. The molecule has 19 heavy (non-hydrogen) atoms. The van der Waals surface area contributed by atoms with E-state index >= 15 is 0 Å². The van der Waals surface area contributed by atoms with Gasteiger partial charge in [0.1, 0.15) is 11.6 Å². The van der Waals surface area contributed by atoms with Gasteiger partial charge in [-0.25, -0.2) is 9.97 Å². The second-order valence-electron chi connectivity index (χ2n) is 5.79. The van der Waals surface area contributed by atoms with E-state index in [0.29, 0.717) is 5.92 Å². The molecular weight excluding hydrogens is 236 g/mol. The number of hydrogen-bond acceptors (Lipinski definition) is 4. The molecule has 1 aromatic rings. The van der Waals surface area contributed by atoms with Gasteiger partial charge in [-0.3, -0.25) is 0 Å². The van der Waals surface area contributed by atoms with E-state index < -0.39 is 0 Å². The maximum absolute atomic E-state index is 4.55. The molecule has 0 saturated carbocycles. The number of nitrogens with one attached hydrogen (secondary N) is 1. The van der Waals surface area contributed by atoms with E-state index in [-0.39, 0.29) is 0 Å². The summed E-state index contributed by atoms with van der Waals surface area (Å²) in [7, 11) is 0. The summed E-state index contributed by atoms with van der Waals surface area (Å²) in [6.45, 7) is 11.2. The standard InChI is InChI=1S/C15H26N4/c1-4-8-19-9-6-13(11-19)10-17-14-5-7-16-15(18-14)12(2)3/h5,7,12-13H,4,6,8-11H2,1-3H3,(H,16,17,18). The lowest BCUT2D eigenvalue weighted by Gasteiger charge is -2.15. The molecule has 2 rings (SSSR count). The molecule has 1 saturated heterocycles. The predicted molar refractivity (Wildman–Crippen MR) is 79.4 cm³/mol. The van der Waals surface area contributed by atoms with Crippen LogP contribution in [-0.4, -0.2) is 41.0 Å². The van der Waals surface area contributed by atoms with Gasteiger partial charge in [0.05, 0.1) is 0 Å². The summed E-state index contributed by atoms with van der Waals surface area (Å²) in [5.74, 6) is 3.02. The highest BCUT2D eigenvalue weighted by Crippen LogP contribution is 2.17. The van der Waals surface area contributed by atoms with Crippen LogP contribution in [0, 0.1) is 5.92 Å². The van der Waals surface area contributed by atoms with Gasteiger partial charge in [-0.15, -0.1) is 0 Å². The zero-order valence-corrected chi connectivity index (χ0v) is 12.4. The van der Waals surface area contributed by atoms with E-state index in [1.807, 2.05) is 12.3 Å². The topological polar surface area (TPSA) is 41.0 Å².